The lowest BCUT2D eigenvalue weighted by Gasteiger charge is -2.32. The van der Waals surface area contributed by atoms with Crippen LogP contribution in [-0.2, 0) is 0 Å². The lowest BCUT2D eigenvalue weighted by molar-refractivity contribution is 0.192. The highest BCUT2D eigenvalue weighted by molar-refractivity contribution is 5.54. The van der Waals surface area contributed by atoms with Crippen LogP contribution in [0.2, 0.25) is 0 Å². The highest BCUT2D eigenvalue weighted by Crippen LogP contribution is 2.30. The first-order chi connectivity index (χ1) is 9.28. The number of ether oxygens (including phenoxy) is 1. The van der Waals surface area contributed by atoms with E-state index in [1.54, 1.807) is 7.11 Å². The summed E-state index contributed by atoms with van der Waals surface area (Å²) in [7, 11) is 1.60. The van der Waals surface area contributed by atoms with Gasteiger partial charge in [0.25, 0.3) is 0 Å². The molecule has 3 N–H and O–H groups in total. The normalized spacial score (nSPS) is 27.0. The molecule has 0 spiro atoms. The molecule has 3 heterocycles. The summed E-state index contributed by atoms with van der Waals surface area (Å²) in [5.41, 5.74) is 6.37. The van der Waals surface area contributed by atoms with Crippen LogP contribution in [0.3, 0.4) is 0 Å². The van der Waals surface area contributed by atoms with Crippen molar-refractivity contribution in [3.05, 3.63) is 12.1 Å². The van der Waals surface area contributed by atoms with Crippen molar-refractivity contribution in [1.82, 2.24) is 9.88 Å². The predicted molar refractivity (Wildman–Crippen MR) is 76.4 cm³/mol. The van der Waals surface area contributed by atoms with Gasteiger partial charge in [-0.3, -0.25) is 4.90 Å². The minimum absolute atomic E-state index is 0.501. The maximum Gasteiger partial charge on any atom is 0.238 e. The van der Waals surface area contributed by atoms with E-state index in [2.05, 4.69) is 15.2 Å². The number of fused-ring (bicyclic) bond motifs is 1. The predicted octanol–water partition coefficient (Wildman–Crippen LogP) is 1.71. The van der Waals surface area contributed by atoms with Crippen LogP contribution in [0.15, 0.2) is 12.1 Å². The zero-order valence-corrected chi connectivity index (χ0v) is 11.4. The van der Waals surface area contributed by atoms with Crippen LogP contribution in [0.4, 0.5) is 11.5 Å². The van der Waals surface area contributed by atoms with E-state index in [0.29, 0.717) is 23.7 Å². The number of anilines is 2. The number of pyridine rings is 1. The summed E-state index contributed by atoms with van der Waals surface area (Å²) in [5, 5.41) is 3.55. The van der Waals surface area contributed by atoms with E-state index in [9.17, 15) is 0 Å². The maximum atomic E-state index is 5.79. The van der Waals surface area contributed by atoms with Crippen LogP contribution < -0.4 is 15.8 Å². The first kappa shape index (κ1) is 12.5. The Morgan fingerprint density at radius 1 is 1.32 bits per heavy atom. The molecule has 1 aromatic rings. The lowest BCUT2D eigenvalue weighted by atomic mass is 9.99. The minimum Gasteiger partial charge on any atom is -0.479 e. The van der Waals surface area contributed by atoms with Crippen LogP contribution in [0.1, 0.15) is 25.7 Å². The number of nitrogens with one attached hydrogen (secondary N) is 1. The third kappa shape index (κ3) is 2.47. The Hall–Kier alpha value is -1.49. The molecule has 104 valence electrons. The topological polar surface area (TPSA) is 63.4 Å². The molecule has 19 heavy (non-hydrogen) atoms. The average Bonchev–Trinajstić information content (AvgIpc) is 2.84. The van der Waals surface area contributed by atoms with Crippen molar-refractivity contribution in [3.8, 4) is 5.88 Å². The summed E-state index contributed by atoms with van der Waals surface area (Å²) >= 11 is 0. The Balaban J connectivity index is 1.71. The second-order valence-electron chi connectivity index (χ2n) is 5.43. The Morgan fingerprint density at radius 2 is 2.21 bits per heavy atom. The van der Waals surface area contributed by atoms with Gasteiger partial charge in [-0.1, -0.05) is 6.42 Å². The fourth-order valence-electron chi connectivity index (χ4n) is 3.30. The first-order valence-electron chi connectivity index (χ1n) is 7.09. The molecule has 5 nitrogen and oxygen atoms in total. The third-order valence-electron chi connectivity index (χ3n) is 4.27. The number of hydrogen-bond donors (Lipinski definition) is 2. The number of nitrogens with zero attached hydrogens (tertiary/aromatic N) is 2. The smallest absolute Gasteiger partial charge is 0.238 e. The number of aromatic nitrogens is 1. The number of nitrogens with two attached hydrogens (primary N) is 1. The van der Waals surface area contributed by atoms with Crippen LogP contribution in [0, 0.1) is 0 Å². The number of rotatable bonds is 3. The molecule has 2 fully saturated rings. The fraction of sp³-hybridized carbons (Fsp3) is 0.643. The second-order valence-corrected chi connectivity index (χ2v) is 5.43. The first-order valence-corrected chi connectivity index (χ1v) is 7.09. The van der Waals surface area contributed by atoms with Gasteiger partial charge in [-0.05, 0) is 37.9 Å². The van der Waals surface area contributed by atoms with Crippen LogP contribution in [0.5, 0.6) is 5.88 Å². The number of piperidine rings is 1. The summed E-state index contributed by atoms with van der Waals surface area (Å²) in [5.74, 6) is 1.37. The van der Waals surface area contributed by atoms with E-state index in [1.807, 2.05) is 12.1 Å². The van der Waals surface area contributed by atoms with Gasteiger partial charge in [0.1, 0.15) is 5.82 Å². The van der Waals surface area contributed by atoms with Gasteiger partial charge in [0.05, 0.1) is 12.8 Å². The molecule has 3 rings (SSSR count). The van der Waals surface area contributed by atoms with E-state index in [-0.39, 0.29) is 0 Å². The van der Waals surface area contributed by atoms with Gasteiger partial charge in [-0.2, -0.15) is 4.98 Å². The summed E-state index contributed by atoms with van der Waals surface area (Å²) < 4.78 is 5.17. The minimum atomic E-state index is 0.501. The Kier molecular flexibility index (Phi) is 3.46. The second kappa shape index (κ2) is 5.25. The van der Waals surface area contributed by atoms with Crippen molar-refractivity contribution in [3.63, 3.8) is 0 Å². The molecule has 2 atom stereocenters. The molecule has 2 aliphatic rings. The van der Waals surface area contributed by atoms with Crippen molar-refractivity contribution in [2.45, 2.75) is 37.8 Å². The van der Waals surface area contributed by atoms with Crippen molar-refractivity contribution >= 4 is 11.5 Å². The summed E-state index contributed by atoms with van der Waals surface area (Å²) in [6.07, 6.45) is 5.18. The highest BCUT2D eigenvalue weighted by Gasteiger charge is 2.35. The van der Waals surface area contributed by atoms with Crippen LogP contribution in [-0.4, -0.2) is 42.2 Å². The highest BCUT2D eigenvalue weighted by atomic mass is 16.5. The number of nitrogen functional groups attached to an aromatic ring is 1. The Bertz CT molecular complexity index is 451. The molecule has 0 amide bonds. The van der Waals surface area contributed by atoms with Crippen molar-refractivity contribution < 1.29 is 4.74 Å². The zero-order valence-electron chi connectivity index (χ0n) is 11.4. The molecule has 2 saturated heterocycles. The molecule has 0 aliphatic carbocycles. The summed E-state index contributed by atoms with van der Waals surface area (Å²) in [6.45, 7) is 2.45. The van der Waals surface area contributed by atoms with E-state index < -0.39 is 0 Å². The molecular weight excluding hydrogens is 240 g/mol. The zero-order chi connectivity index (χ0) is 13.2. The SMILES string of the molecule is COc1nc(NC2CCN3CCCCC23)ccc1N. The Morgan fingerprint density at radius 3 is 3.05 bits per heavy atom. The quantitative estimate of drug-likeness (QED) is 0.868. The van der Waals surface area contributed by atoms with Gasteiger partial charge in [-0.25, -0.2) is 0 Å². The van der Waals surface area contributed by atoms with Gasteiger partial charge in [0.15, 0.2) is 0 Å². The largest absolute Gasteiger partial charge is 0.479 e. The molecule has 5 heteroatoms. The van der Waals surface area contributed by atoms with E-state index in [1.165, 1.54) is 38.8 Å². The summed E-state index contributed by atoms with van der Waals surface area (Å²) in [6, 6.07) is 4.95. The molecule has 0 radical (unpaired) electrons. The van der Waals surface area contributed by atoms with Crippen LogP contribution in [0.25, 0.3) is 0 Å². The van der Waals surface area contributed by atoms with E-state index in [0.717, 1.165) is 5.82 Å². The third-order valence-corrected chi connectivity index (χ3v) is 4.27. The lowest BCUT2D eigenvalue weighted by Crippen LogP contribution is -2.41. The van der Waals surface area contributed by atoms with Gasteiger partial charge in [-0.15, -0.1) is 0 Å². The molecule has 1 aromatic heterocycles. The van der Waals surface area contributed by atoms with Crippen LogP contribution >= 0.6 is 0 Å². The van der Waals surface area contributed by atoms with Gasteiger partial charge >= 0.3 is 0 Å². The van der Waals surface area contributed by atoms with Crippen molar-refractivity contribution in [2.24, 2.45) is 0 Å². The fourth-order valence-corrected chi connectivity index (χ4v) is 3.30. The molecule has 0 saturated carbocycles. The van der Waals surface area contributed by atoms with E-state index in [4.69, 9.17) is 10.5 Å². The van der Waals surface area contributed by atoms with Crippen molar-refractivity contribution in [1.29, 1.82) is 0 Å². The average molecular weight is 262 g/mol. The van der Waals surface area contributed by atoms with Crippen molar-refractivity contribution in [2.75, 3.05) is 31.2 Å². The van der Waals surface area contributed by atoms with Gasteiger partial charge in [0, 0.05) is 18.6 Å². The van der Waals surface area contributed by atoms with Gasteiger partial charge in [0.2, 0.25) is 5.88 Å². The maximum absolute atomic E-state index is 5.79. The standard InChI is InChI=1S/C14H22N4O/c1-19-14-10(15)5-6-13(17-14)16-11-7-9-18-8-3-2-4-12(11)18/h5-6,11-12H,2-4,7-9,15H2,1H3,(H,16,17). The number of hydrogen-bond acceptors (Lipinski definition) is 5. The molecular formula is C14H22N4O. The monoisotopic (exact) mass is 262 g/mol. The van der Waals surface area contributed by atoms with Gasteiger partial charge < -0.3 is 15.8 Å². The molecule has 2 aliphatic heterocycles. The molecule has 0 aromatic carbocycles. The molecule has 0 bridgehead atoms. The summed E-state index contributed by atoms with van der Waals surface area (Å²) in [4.78, 5) is 7.02. The molecule has 2 unspecified atom stereocenters. The Labute approximate surface area is 114 Å². The number of methoxy groups -OCH3 is 1. The van der Waals surface area contributed by atoms with E-state index >= 15 is 0 Å².